The molecule has 5 heteroatoms. The van der Waals surface area contributed by atoms with Crippen LogP contribution in [-0.4, -0.2) is 35.1 Å². The minimum atomic E-state index is -0.602. The lowest BCUT2D eigenvalue weighted by atomic mass is 10.1. The third-order valence-electron chi connectivity index (χ3n) is 2.87. The predicted molar refractivity (Wildman–Crippen MR) is 62.6 cm³/mol. The minimum Gasteiger partial charge on any atom is -0.391 e. The van der Waals surface area contributed by atoms with Crippen molar-refractivity contribution >= 4 is 17.5 Å². The summed E-state index contributed by atoms with van der Waals surface area (Å²) in [4.78, 5) is 13.6. The van der Waals surface area contributed by atoms with Gasteiger partial charge >= 0.3 is 0 Å². The number of benzene rings is 1. The molecule has 0 spiro atoms. The second-order valence-corrected chi connectivity index (χ2v) is 4.53. The molecule has 3 nitrogen and oxygen atoms in total. The number of β-amino-alcohol motifs (C(OH)–C–C–N with tert-alkyl or cyclic N) is 1. The quantitative estimate of drug-likeness (QED) is 0.837. The van der Waals surface area contributed by atoms with Crippen LogP contribution in [-0.2, 0) is 0 Å². The Balaban J connectivity index is 2.22. The van der Waals surface area contributed by atoms with E-state index in [0.717, 1.165) is 6.42 Å². The molecule has 1 atom stereocenters. The van der Waals surface area contributed by atoms with Crippen molar-refractivity contribution in [3.8, 4) is 0 Å². The van der Waals surface area contributed by atoms with Crippen molar-refractivity contribution in [2.45, 2.75) is 18.9 Å². The zero-order valence-electron chi connectivity index (χ0n) is 9.20. The fourth-order valence-corrected chi connectivity index (χ4v) is 2.19. The summed E-state index contributed by atoms with van der Waals surface area (Å²) in [5, 5.41) is 9.34. The summed E-state index contributed by atoms with van der Waals surface area (Å²) < 4.78 is 13.2. The lowest BCUT2D eigenvalue weighted by Gasteiger charge is -2.30. The van der Waals surface area contributed by atoms with Crippen LogP contribution < -0.4 is 0 Å². The normalized spacial score (nSPS) is 20.4. The molecule has 0 aliphatic carbocycles. The maximum atomic E-state index is 13.2. The van der Waals surface area contributed by atoms with Crippen molar-refractivity contribution in [1.82, 2.24) is 4.90 Å². The monoisotopic (exact) mass is 257 g/mol. The molecule has 1 aliphatic rings. The highest BCUT2D eigenvalue weighted by atomic mass is 35.5. The maximum Gasteiger partial charge on any atom is 0.255 e. The smallest absolute Gasteiger partial charge is 0.255 e. The summed E-state index contributed by atoms with van der Waals surface area (Å²) in [6, 6.07) is 4.16. The number of nitrogens with zero attached hydrogens (tertiary/aromatic N) is 1. The van der Waals surface area contributed by atoms with Crippen molar-refractivity contribution in [2.24, 2.45) is 0 Å². The summed E-state index contributed by atoms with van der Waals surface area (Å²) in [6.45, 7) is 0.856. The highest BCUT2D eigenvalue weighted by molar-refractivity contribution is 6.34. The summed E-state index contributed by atoms with van der Waals surface area (Å²) in [7, 11) is 0. The largest absolute Gasteiger partial charge is 0.391 e. The fraction of sp³-hybridized carbons (Fsp3) is 0.417. The third-order valence-corrected chi connectivity index (χ3v) is 3.25. The molecule has 2 rings (SSSR count). The number of piperidine rings is 1. The van der Waals surface area contributed by atoms with E-state index in [4.69, 9.17) is 11.6 Å². The van der Waals surface area contributed by atoms with Gasteiger partial charge < -0.3 is 10.0 Å². The molecule has 1 heterocycles. The van der Waals surface area contributed by atoms with Crippen LogP contribution >= 0.6 is 11.6 Å². The molecule has 1 amide bonds. The van der Waals surface area contributed by atoms with Gasteiger partial charge in [0.1, 0.15) is 5.82 Å². The molecule has 0 bridgehead atoms. The van der Waals surface area contributed by atoms with Gasteiger partial charge in [0.2, 0.25) is 0 Å². The van der Waals surface area contributed by atoms with Crippen LogP contribution in [0.4, 0.5) is 4.39 Å². The number of hydrogen-bond acceptors (Lipinski definition) is 2. The summed E-state index contributed by atoms with van der Waals surface area (Å²) in [5.74, 6) is -0.927. The van der Waals surface area contributed by atoms with Gasteiger partial charge in [-0.3, -0.25) is 4.79 Å². The summed E-state index contributed by atoms with van der Waals surface area (Å²) >= 11 is 5.76. The molecule has 1 aromatic rings. The Morgan fingerprint density at radius 1 is 1.53 bits per heavy atom. The number of rotatable bonds is 1. The molecular weight excluding hydrogens is 245 g/mol. The first-order valence-corrected chi connectivity index (χ1v) is 5.88. The zero-order valence-corrected chi connectivity index (χ0v) is 9.95. The van der Waals surface area contributed by atoms with Crippen molar-refractivity contribution in [2.75, 3.05) is 13.1 Å². The SMILES string of the molecule is O=C(c1cccc(F)c1Cl)N1CCC[C@H](O)C1. The van der Waals surface area contributed by atoms with Gasteiger partial charge in [-0.2, -0.15) is 0 Å². The number of carbonyl (C=O) groups is 1. The molecule has 0 saturated carbocycles. The van der Waals surface area contributed by atoms with Gasteiger partial charge in [-0.1, -0.05) is 17.7 Å². The first-order valence-electron chi connectivity index (χ1n) is 5.51. The Kier molecular flexibility index (Phi) is 3.64. The Morgan fingerprint density at radius 2 is 2.29 bits per heavy atom. The number of carbonyl (C=O) groups excluding carboxylic acids is 1. The van der Waals surface area contributed by atoms with Crippen LogP contribution in [0.25, 0.3) is 0 Å². The summed E-state index contributed by atoms with van der Waals surface area (Å²) in [6.07, 6.45) is 0.945. The number of amides is 1. The van der Waals surface area contributed by atoms with Crippen LogP contribution in [0.5, 0.6) is 0 Å². The molecule has 1 N–H and O–H groups in total. The second kappa shape index (κ2) is 5.02. The molecular formula is C12H13ClFNO2. The van der Waals surface area contributed by atoms with Gasteiger partial charge in [-0.15, -0.1) is 0 Å². The number of hydrogen-bond donors (Lipinski definition) is 1. The molecule has 1 aliphatic heterocycles. The van der Waals surface area contributed by atoms with E-state index in [-0.39, 0.29) is 23.0 Å². The first-order chi connectivity index (χ1) is 8.09. The number of aliphatic hydroxyl groups excluding tert-OH is 1. The van der Waals surface area contributed by atoms with E-state index in [0.29, 0.717) is 13.0 Å². The average molecular weight is 258 g/mol. The minimum absolute atomic E-state index is 0.153. The van der Waals surface area contributed by atoms with Gasteiger partial charge in [0.25, 0.3) is 5.91 Å². The van der Waals surface area contributed by atoms with Crippen molar-refractivity contribution in [3.63, 3.8) is 0 Å². The Hall–Kier alpha value is -1.13. The van der Waals surface area contributed by atoms with Crippen LogP contribution in [0.2, 0.25) is 5.02 Å². The Labute approximate surface area is 104 Å². The molecule has 1 aromatic carbocycles. The average Bonchev–Trinajstić information content (AvgIpc) is 2.32. The van der Waals surface area contributed by atoms with Gasteiger partial charge in [0, 0.05) is 13.1 Å². The molecule has 0 aromatic heterocycles. The van der Waals surface area contributed by atoms with E-state index >= 15 is 0 Å². The van der Waals surface area contributed by atoms with Crippen LogP contribution in [0.3, 0.4) is 0 Å². The van der Waals surface area contributed by atoms with E-state index in [1.54, 1.807) is 0 Å². The van der Waals surface area contributed by atoms with Gasteiger partial charge in [0.05, 0.1) is 16.7 Å². The molecule has 17 heavy (non-hydrogen) atoms. The van der Waals surface area contributed by atoms with E-state index < -0.39 is 11.9 Å². The molecule has 92 valence electrons. The lowest BCUT2D eigenvalue weighted by molar-refractivity contribution is 0.0473. The van der Waals surface area contributed by atoms with Crippen molar-refractivity contribution in [3.05, 3.63) is 34.6 Å². The van der Waals surface area contributed by atoms with Crippen LogP contribution in [0, 0.1) is 5.82 Å². The number of halogens is 2. The number of likely N-dealkylation sites (tertiary alicyclic amines) is 1. The van der Waals surface area contributed by atoms with E-state index in [1.165, 1.54) is 23.1 Å². The van der Waals surface area contributed by atoms with Gasteiger partial charge in [0.15, 0.2) is 0 Å². The van der Waals surface area contributed by atoms with E-state index in [9.17, 15) is 14.3 Å². The van der Waals surface area contributed by atoms with Gasteiger partial charge in [-0.05, 0) is 25.0 Å². The van der Waals surface area contributed by atoms with E-state index in [1.807, 2.05) is 0 Å². The predicted octanol–water partition coefficient (Wildman–Crippen LogP) is 2.08. The number of aliphatic hydroxyl groups is 1. The first kappa shape index (κ1) is 12.3. The zero-order chi connectivity index (χ0) is 12.4. The van der Waals surface area contributed by atoms with E-state index in [2.05, 4.69) is 0 Å². The standard InChI is InChI=1S/C12H13ClFNO2/c13-11-9(4-1-5-10(11)14)12(17)15-6-2-3-8(16)7-15/h1,4-5,8,16H,2-3,6-7H2/t8-/m0/s1. The topological polar surface area (TPSA) is 40.5 Å². The van der Waals surface area contributed by atoms with Crippen LogP contribution in [0.1, 0.15) is 23.2 Å². The maximum absolute atomic E-state index is 13.2. The highest BCUT2D eigenvalue weighted by Crippen LogP contribution is 2.22. The Morgan fingerprint density at radius 3 is 3.00 bits per heavy atom. The Bertz CT molecular complexity index is 439. The third kappa shape index (κ3) is 2.58. The molecule has 1 fully saturated rings. The van der Waals surface area contributed by atoms with Crippen molar-refractivity contribution in [1.29, 1.82) is 0 Å². The molecule has 1 saturated heterocycles. The van der Waals surface area contributed by atoms with Crippen molar-refractivity contribution < 1.29 is 14.3 Å². The van der Waals surface area contributed by atoms with Gasteiger partial charge in [-0.25, -0.2) is 4.39 Å². The van der Waals surface area contributed by atoms with Crippen LogP contribution in [0.15, 0.2) is 18.2 Å². The fourth-order valence-electron chi connectivity index (χ4n) is 1.98. The molecule has 0 radical (unpaired) electrons. The highest BCUT2D eigenvalue weighted by Gasteiger charge is 2.25. The molecule has 0 unspecified atom stereocenters. The lowest BCUT2D eigenvalue weighted by Crippen LogP contribution is -2.42. The second-order valence-electron chi connectivity index (χ2n) is 4.15. The summed E-state index contributed by atoms with van der Waals surface area (Å²) in [5.41, 5.74) is 0.153.